The fourth-order valence-corrected chi connectivity index (χ4v) is 1.90. The van der Waals surface area contributed by atoms with Crippen LogP contribution in [0.4, 0.5) is 0 Å². The molecule has 0 N–H and O–H groups in total. The zero-order valence-electron chi connectivity index (χ0n) is 10.6. The normalized spacial score (nSPS) is 10.8. The van der Waals surface area contributed by atoms with Crippen molar-refractivity contribution in [2.45, 2.75) is 6.42 Å². The first-order chi connectivity index (χ1) is 9.28. The molecule has 2 rings (SSSR count). The third-order valence-corrected chi connectivity index (χ3v) is 3.09. The van der Waals surface area contributed by atoms with Gasteiger partial charge in [-0.05, 0) is 29.2 Å². The molecular weight excluding hydrogens is 256 g/mol. The molecule has 0 unspecified atom stereocenters. The topological polar surface area (TPSA) is 17.1 Å². The molecule has 0 heterocycles. The summed E-state index contributed by atoms with van der Waals surface area (Å²) in [6, 6.07) is 18.5. The zero-order chi connectivity index (χ0) is 13.5. The van der Waals surface area contributed by atoms with E-state index in [2.05, 4.69) is 24.3 Å². The third-order valence-electron chi connectivity index (χ3n) is 2.82. The molecule has 2 heteroatoms. The zero-order valence-corrected chi connectivity index (χ0v) is 11.3. The molecule has 0 saturated heterocycles. The van der Waals surface area contributed by atoms with E-state index in [9.17, 15) is 4.79 Å². The van der Waals surface area contributed by atoms with Crippen molar-refractivity contribution in [2.24, 2.45) is 0 Å². The van der Waals surface area contributed by atoms with Gasteiger partial charge in [-0.3, -0.25) is 4.79 Å². The molecule has 0 spiro atoms. The van der Waals surface area contributed by atoms with Crippen molar-refractivity contribution >= 4 is 23.5 Å². The Balaban J connectivity index is 2.03. The lowest BCUT2D eigenvalue weighted by molar-refractivity contribution is -0.112. The SMILES string of the molecule is O=C(C=Cc1ccc(Cc2ccccc2)cc1)CCl. The van der Waals surface area contributed by atoms with Crippen LogP contribution in [-0.2, 0) is 11.2 Å². The summed E-state index contributed by atoms with van der Waals surface area (Å²) in [5.41, 5.74) is 3.56. The first-order valence-corrected chi connectivity index (χ1v) is 6.71. The summed E-state index contributed by atoms with van der Waals surface area (Å²) in [7, 11) is 0. The number of alkyl halides is 1. The van der Waals surface area contributed by atoms with E-state index in [0.29, 0.717) is 0 Å². The summed E-state index contributed by atoms with van der Waals surface area (Å²) in [5, 5.41) is 0. The predicted octanol–water partition coefficient (Wildman–Crippen LogP) is 4.10. The van der Waals surface area contributed by atoms with Gasteiger partial charge in [-0.25, -0.2) is 0 Å². The molecule has 0 radical (unpaired) electrons. The lowest BCUT2D eigenvalue weighted by Crippen LogP contribution is -1.92. The van der Waals surface area contributed by atoms with Crippen LogP contribution in [0.25, 0.3) is 6.08 Å². The monoisotopic (exact) mass is 270 g/mol. The highest BCUT2D eigenvalue weighted by Crippen LogP contribution is 2.11. The van der Waals surface area contributed by atoms with Crippen LogP contribution in [0.2, 0.25) is 0 Å². The van der Waals surface area contributed by atoms with E-state index in [1.165, 1.54) is 17.2 Å². The van der Waals surface area contributed by atoms with E-state index in [0.717, 1.165) is 12.0 Å². The quantitative estimate of drug-likeness (QED) is 0.591. The van der Waals surface area contributed by atoms with E-state index in [4.69, 9.17) is 11.6 Å². The van der Waals surface area contributed by atoms with Gasteiger partial charge in [0.25, 0.3) is 0 Å². The lowest BCUT2D eigenvalue weighted by Gasteiger charge is -2.02. The molecule has 0 aliphatic carbocycles. The molecular formula is C17H15ClO. The molecule has 0 aliphatic heterocycles. The minimum Gasteiger partial charge on any atom is -0.294 e. The number of hydrogen-bond acceptors (Lipinski definition) is 1. The molecule has 2 aromatic rings. The molecule has 96 valence electrons. The van der Waals surface area contributed by atoms with Gasteiger partial charge in [0.2, 0.25) is 0 Å². The Labute approximate surface area is 118 Å². The summed E-state index contributed by atoms with van der Waals surface area (Å²) in [4.78, 5) is 11.1. The van der Waals surface area contributed by atoms with Gasteiger partial charge in [0, 0.05) is 0 Å². The molecule has 0 fully saturated rings. The Bertz CT molecular complexity index is 556. The summed E-state index contributed by atoms with van der Waals surface area (Å²) in [6.45, 7) is 0. The average molecular weight is 271 g/mol. The van der Waals surface area contributed by atoms with Crippen molar-refractivity contribution in [3.05, 3.63) is 77.4 Å². The first-order valence-electron chi connectivity index (χ1n) is 6.17. The Morgan fingerprint density at radius 2 is 1.58 bits per heavy atom. The number of ketones is 1. The van der Waals surface area contributed by atoms with Crippen molar-refractivity contribution in [3.63, 3.8) is 0 Å². The molecule has 19 heavy (non-hydrogen) atoms. The van der Waals surface area contributed by atoms with Crippen molar-refractivity contribution in [1.29, 1.82) is 0 Å². The Morgan fingerprint density at radius 1 is 0.947 bits per heavy atom. The number of hydrogen-bond donors (Lipinski definition) is 0. The van der Waals surface area contributed by atoms with Gasteiger partial charge in [0.1, 0.15) is 0 Å². The molecule has 0 aromatic heterocycles. The van der Waals surface area contributed by atoms with Crippen LogP contribution in [-0.4, -0.2) is 11.7 Å². The number of rotatable bonds is 5. The number of allylic oxidation sites excluding steroid dienone is 1. The van der Waals surface area contributed by atoms with Crippen molar-refractivity contribution < 1.29 is 4.79 Å². The minimum atomic E-state index is -0.0740. The smallest absolute Gasteiger partial charge is 0.170 e. The molecule has 2 aromatic carbocycles. The number of benzene rings is 2. The van der Waals surface area contributed by atoms with E-state index < -0.39 is 0 Å². The van der Waals surface area contributed by atoms with E-state index >= 15 is 0 Å². The lowest BCUT2D eigenvalue weighted by atomic mass is 10.0. The summed E-state index contributed by atoms with van der Waals surface area (Å²) < 4.78 is 0. The maximum absolute atomic E-state index is 11.1. The second kappa shape index (κ2) is 6.91. The molecule has 0 aliphatic rings. The third kappa shape index (κ3) is 4.38. The standard InChI is InChI=1S/C17H15ClO/c18-13-17(19)11-10-14-6-8-16(9-7-14)12-15-4-2-1-3-5-15/h1-11H,12-13H2. The maximum atomic E-state index is 11.1. The highest BCUT2D eigenvalue weighted by molar-refractivity contribution is 6.29. The van der Waals surface area contributed by atoms with E-state index in [1.54, 1.807) is 6.08 Å². The molecule has 0 amide bonds. The number of carbonyl (C=O) groups is 1. The minimum absolute atomic E-state index is 0.0303. The van der Waals surface area contributed by atoms with Crippen LogP contribution < -0.4 is 0 Å². The molecule has 1 nitrogen and oxygen atoms in total. The van der Waals surface area contributed by atoms with Crippen LogP contribution in [0.1, 0.15) is 16.7 Å². The van der Waals surface area contributed by atoms with Gasteiger partial charge in [0.15, 0.2) is 5.78 Å². The van der Waals surface area contributed by atoms with E-state index in [1.807, 2.05) is 30.3 Å². The van der Waals surface area contributed by atoms with Crippen LogP contribution >= 0.6 is 11.6 Å². The fourth-order valence-electron chi connectivity index (χ4n) is 1.81. The van der Waals surface area contributed by atoms with Crippen LogP contribution in [0.15, 0.2) is 60.7 Å². The van der Waals surface area contributed by atoms with Crippen LogP contribution in [0.3, 0.4) is 0 Å². The molecule has 0 saturated carbocycles. The fraction of sp³-hybridized carbons (Fsp3) is 0.118. The Kier molecular flexibility index (Phi) is 4.93. The molecule has 0 bridgehead atoms. The van der Waals surface area contributed by atoms with E-state index in [-0.39, 0.29) is 11.7 Å². The van der Waals surface area contributed by atoms with Gasteiger partial charge in [-0.1, -0.05) is 60.7 Å². The van der Waals surface area contributed by atoms with Gasteiger partial charge in [-0.15, -0.1) is 11.6 Å². The van der Waals surface area contributed by atoms with Crippen molar-refractivity contribution in [2.75, 3.05) is 5.88 Å². The largest absolute Gasteiger partial charge is 0.294 e. The van der Waals surface area contributed by atoms with Crippen LogP contribution in [0, 0.1) is 0 Å². The molecule has 0 atom stereocenters. The summed E-state index contributed by atoms with van der Waals surface area (Å²) in [6.07, 6.45) is 4.22. The summed E-state index contributed by atoms with van der Waals surface area (Å²) in [5.74, 6) is -0.0437. The summed E-state index contributed by atoms with van der Waals surface area (Å²) >= 11 is 5.43. The second-order valence-electron chi connectivity index (χ2n) is 4.34. The van der Waals surface area contributed by atoms with Crippen molar-refractivity contribution in [3.8, 4) is 0 Å². The van der Waals surface area contributed by atoms with Crippen LogP contribution in [0.5, 0.6) is 0 Å². The highest BCUT2D eigenvalue weighted by Gasteiger charge is 1.96. The maximum Gasteiger partial charge on any atom is 0.170 e. The van der Waals surface area contributed by atoms with Gasteiger partial charge in [0.05, 0.1) is 5.88 Å². The Hall–Kier alpha value is -1.86. The number of carbonyl (C=O) groups excluding carboxylic acids is 1. The highest BCUT2D eigenvalue weighted by atomic mass is 35.5. The van der Waals surface area contributed by atoms with Gasteiger partial charge < -0.3 is 0 Å². The second-order valence-corrected chi connectivity index (χ2v) is 4.60. The van der Waals surface area contributed by atoms with Crippen molar-refractivity contribution in [1.82, 2.24) is 0 Å². The predicted molar refractivity (Wildman–Crippen MR) is 80.5 cm³/mol. The van der Waals surface area contributed by atoms with Gasteiger partial charge in [-0.2, -0.15) is 0 Å². The average Bonchev–Trinajstić information content (AvgIpc) is 2.47. The Morgan fingerprint density at radius 3 is 2.21 bits per heavy atom. The van der Waals surface area contributed by atoms with Gasteiger partial charge >= 0.3 is 0 Å². The first kappa shape index (κ1) is 13.6. The number of halogens is 1.